The Morgan fingerprint density at radius 3 is 2.00 bits per heavy atom. The van der Waals surface area contributed by atoms with Crippen LogP contribution in [0.4, 0.5) is 0 Å². The normalized spacial score (nSPS) is 10.8. The van der Waals surface area contributed by atoms with Gasteiger partial charge in [-0.1, -0.05) is 17.7 Å². The van der Waals surface area contributed by atoms with E-state index in [-0.39, 0.29) is 40.0 Å². The Labute approximate surface area is 101 Å². The predicted molar refractivity (Wildman–Crippen MR) is 44.1 cm³/mol. The van der Waals surface area contributed by atoms with Crippen LogP contribution < -0.4 is 17.0 Å². The van der Waals surface area contributed by atoms with E-state index >= 15 is 0 Å². The van der Waals surface area contributed by atoms with Gasteiger partial charge in [-0.05, 0) is 30.1 Å². The van der Waals surface area contributed by atoms with Gasteiger partial charge in [-0.25, -0.2) is 0 Å². The van der Waals surface area contributed by atoms with E-state index in [0.717, 1.165) is 5.56 Å². The molecule has 12 heavy (non-hydrogen) atoms. The zero-order chi connectivity index (χ0) is 7.56. The van der Waals surface area contributed by atoms with Crippen molar-refractivity contribution in [2.24, 2.45) is 0 Å². The average molecular weight is 259 g/mol. The van der Waals surface area contributed by atoms with Crippen molar-refractivity contribution in [3.63, 3.8) is 0 Å². The first-order chi connectivity index (χ1) is 4.70. The molecule has 0 bridgehead atoms. The molecule has 1 rings (SSSR count). The molecule has 1 aromatic rings. The van der Waals surface area contributed by atoms with Gasteiger partial charge in [-0.3, -0.25) is 4.21 Å². The van der Waals surface area contributed by atoms with Crippen LogP contribution in [0.25, 0.3) is 0 Å². The van der Waals surface area contributed by atoms with Gasteiger partial charge in [0, 0.05) is 4.90 Å². The molecule has 0 aliphatic rings. The minimum atomic E-state index is -2.09. The monoisotopic (exact) mass is 258 g/mol. The van der Waals surface area contributed by atoms with Crippen molar-refractivity contribution in [2.75, 3.05) is 0 Å². The van der Waals surface area contributed by atoms with Gasteiger partial charge >= 0.3 is 23.1 Å². The first-order valence-corrected chi connectivity index (χ1v) is 3.93. The van der Waals surface area contributed by atoms with Gasteiger partial charge < -0.3 is 21.5 Å². The minimum Gasteiger partial charge on any atom is -1.00 e. The molecule has 0 aliphatic carbocycles. The van der Waals surface area contributed by atoms with Crippen LogP contribution >= 0.6 is 0 Å². The fraction of sp³-hybridized carbons (Fsp3) is 0.143. The van der Waals surface area contributed by atoms with Crippen LogP contribution in [0.5, 0.6) is 0 Å². The largest absolute Gasteiger partial charge is 2.00 e. The van der Waals surface area contributed by atoms with Crippen LogP contribution in [0.2, 0.25) is 0 Å². The Kier molecular flexibility index (Phi) is 8.82. The molecular formula is C7H7BrMgO2S. The number of aryl methyl sites for hydroxylation is 1. The van der Waals surface area contributed by atoms with Gasteiger partial charge in [0.25, 0.3) is 0 Å². The quantitative estimate of drug-likeness (QED) is 0.426. The van der Waals surface area contributed by atoms with E-state index in [9.17, 15) is 8.76 Å². The van der Waals surface area contributed by atoms with Crippen molar-refractivity contribution >= 4 is 34.1 Å². The SMILES string of the molecule is Cc1ccc(S(=O)[O-])cc1.[Br-].[Mg+2]. The molecule has 0 radical (unpaired) electrons. The summed E-state index contributed by atoms with van der Waals surface area (Å²) in [6, 6.07) is 6.70. The molecule has 0 aliphatic heterocycles. The number of hydrogen-bond donors (Lipinski definition) is 0. The van der Waals surface area contributed by atoms with E-state index in [0.29, 0.717) is 4.90 Å². The van der Waals surface area contributed by atoms with Gasteiger partial charge in [0.2, 0.25) is 0 Å². The smallest absolute Gasteiger partial charge is 1.00 e. The third-order valence-corrected chi connectivity index (χ3v) is 1.87. The maximum absolute atomic E-state index is 10.3. The predicted octanol–water partition coefficient (Wildman–Crippen LogP) is -2.14. The van der Waals surface area contributed by atoms with Gasteiger partial charge in [-0.2, -0.15) is 0 Å². The third-order valence-electron chi connectivity index (χ3n) is 1.21. The molecule has 0 N–H and O–H groups in total. The van der Waals surface area contributed by atoms with Crippen molar-refractivity contribution in [3.05, 3.63) is 29.8 Å². The minimum absolute atomic E-state index is 0. The molecule has 0 aromatic heterocycles. The van der Waals surface area contributed by atoms with E-state index in [1.807, 2.05) is 6.92 Å². The third kappa shape index (κ3) is 4.56. The second kappa shape index (κ2) is 7.03. The fourth-order valence-corrected chi connectivity index (χ4v) is 1.01. The molecule has 2 nitrogen and oxygen atoms in total. The second-order valence-electron chi connectivity index (χ2n) is 2.05. The average Bonchev–Trinajstić information content (AvgIpc) is 1.88. The van der Waals surface area contributed by atoms with E-state index in [4.69, 9.17) is 0 Å². The molecule has 62 valence electrons. The van der Waals surface area contributed by atoms with Crippen molar-refractivity contribution in [1.82, 2.24) is 0 Å². The van der Waals surface area contributed by atoms with Gasteiger partial charge in [0.15, 0.2) is 0 Å². The summed E-state index contributed by atoms with van der Waals surface area (Å²) in [6.45, 7) is 1.91. The molecule has 0 spiro atoms. The Morgan fingerprint density at radius 2 is 1.67 bits per heavy atom. The molecule has 1 unspecified atom stereocenters. The molecule has 1 atom stereocenters. The van der Waals surface area contributed by atoms with Crippen LogP contribution in [-0.2, 0) is 11.1 Å². The summed E-state index contributed by atoms with van der Waals surface area (Å²) >= 11 is -2.09. The molecule has 0 heterocycles. The van der Waals surface area contributed by atoms with Crippen LogP contribution in [0.15, 0.2) is 29.2 Å². The summed E-state index contributed by atoms with van der Waals surface area (Å²) < 4.78 is 20.6. The van der Waals surface area contributed by atoms with Crippen LogP contribution in [-0.4, -0.2) is 31.8 Å². The Hall–Kier alpha value is 0.576. The van der Waals surface area contributed by atoms with Crippen molar-refractivity contribution in [3.8, 4) is 0 Å². The van der Waals surface area contributed by atoms with Crippen molar-refractivity contribution in [2.45, 2.75) is 11.8 Å². The van der Waals surface area contributed by atoms with Gasteiger partial charge in [-0.15, -0.1) is 0 Å². The molecule has 0 fully saturated rings. The Bertz CT molecular complexity index is 250. The first kappa shape index (κ1) is 15.1. The van der Waals surface area contributed by atoms with Crippen LogP contribution in [0.3, 0.4) is 0 Å². The molecule has 0 saturated carbocycles. The summed E-state index contributed by atoms with van der Waals surface area (Å²) in [5, 5.41) is 0. The summed E-state index contributed by atoms with van der Waals surface area (Å²) in [5.74, 6) is 0. The second-order valence-corrected chi connectivity index (χ2v) is 2.99. The fourth-order valence-electron chi connectivity index (χ4n) is 0.649. The Balaban J connectivity index is 0. The topological polar surface area (TPSA) is 40.1 Å². The van der Waals surface area contributed by atoms with E-state index < -0.39 is 11.1 Å². The maximum atomic E-state index is 10.3. The number of rotatable bonds is 1. The van der Waals surface area contributed by atoms with Crippen molar-refractivity contribution < 1.29 is 25.7 Å². The van der Waals surface area contributed by atoms with Crippen molar-refractivity contribution in [1.29, 1.82) is 0 Å². The standard InChI is InChI=1S/C7H8O2S.BrH.Mg/c1-6-2-4-7(5-3-6)10(8)9;;/h2-5H,1H3,(H,8,9);1H;/q;;+2/p-2. The van der Waals surface area contributed by atoms with Crippen LogP contribution in [0.1, 0.15) is 5.56 Å². The molecule has 5 heteroatoms. The number of benzene rings is 1. The molecule has 1 aromatic carbocycles. The van der Waals surface area contributed by atoms with Crippen LogP contribution in [0, 0.1) is 6.92 Å². The zero-order valence-corrected chi connectivity index (χ0v) is 10.4. The maximum Gasteiger partial charge on any atom is 2.00 e. The van der Waals surface area contributed by atoms with Gasteiger partial charge in [0.1, 0.15) is 0 Å². The molecule has 0 saturated heterocycles. The van der Waals surface area contributed by atoms with E-state index in [1.54, 1.807) is 24.3 Å². The molecular weight excluding hydrogens is 252 g/mol. The number of hydrogen-bond acceptors (Lipinski definition) is 2. The Morgan fingerprint density at radius 1 is 1.25 bits per heavy atom. The van der Waals surface area contributed by atoms with E-state index in [2.05, 4.69) is 0 Å². The van der Waals surface area contributed by atoms with Gasteiger partial charge in [0.05, 0.1) is 0 Å². The van der Waals surface area contributed by atoms with E-state index in [1.165, 1.54) is 0 Å². The first-order valence-electron chi connectivity index (χ1n) is 2.86. The zero-order valence-electron chi connectivity index (χ0n) is 6.62. The summed E-state index contributed by atoms with van der Waals surface area (Å²) in [7, 11) is 0. The summed E-state index contributed by atoms with van der Waals surface area (Å²) in [6.07, 6.45) is 0. The number of halogens is 1. The summed E-state index contributed by atoms with van der Waals surface area (Å²) in [5.41, 5.74) is 1.06. The molecule has 0 amide bonds. The summed E-state index contributed by atoms with van der Waals surface area (Å²) in [4.78, 5) is 0.339.